The first-order valence-electron chi connectivity index (χ1n) is 8.56. The zero-order chi connectivity index (χ0) is 17.3. The van der Waals surface area contributed by atoms with E-state index in [4.69, 9.17) is 0 Å². The number of likely N-dealkylation sites (tertiary alicyclic amines) is 1. The van der Waals surface area contributed by atoms with E-state index in [0.717, 1.165) is 25.2 Å². The van der Waals surface area contributed by atoms with E-state index >= 15 is 0 Å². The first kappa shape index (κ1) is 17.6. The van der Waals surface area contributed by atoms with Gasteiger partial charge in [-0.1, -0.05) is 0 Å². The van der Waals surface area contributed by atoms with Crippen LogP contribution in [0.25, 0.3) is 0 Å². The van der Waals surface area contributed by atoms with Crippen LogP contribution in [0.3, 0.4) is 0 Å². The molecule has 3 rings (SSSR count). The fourth-order valence-corrected chi connectivity index (χ4v) is 3.91. The minimum absolute atomic E-state index is 0.233. The Balaban J connectivity index is 1.63. The number of aliphatic hydroxyl groups is 4. The van der Waals surface area contributed by atoms with Crippen molar-refractivity contribution in [3.63, 3.8) is 0 Å². The smallest absolute Gasteiger partial charge is 0.109 e. The molecule has 0 aromatic carbocycles. The normalized spacial score (nSPS) is 34.7. The number of aliphatic hydroxyl groups excluding tert-OH is 4. The second kappa shape index (κ2) is 7.33. The van der Waals surface area contributed by atoms with Gasteiger partial charge in [-0.25, -0.2) is 0 Å². The fraction of sp³-hybridized carbons (Fsp3) is 0.706. The standard InChI is InChI=1S/C17H27N3O4/c1-11-2-4-18-6-13(11)19-5-3-12(7-19)8-20-9-15(22)17(24)16(23)14(20)10-21/h2,4,6,12,14-17,21-24H,3,5,7-10H2,1H3/t12-,14-,15-,16+,17+/m0/s1. The molecule has 0 spiro atoms. The molecule has 2 fully saturated rings. The summed E-state index contributed by atoms with van der Waals surface area (Å²) >= 11 is 0. The maximum atomic E-state index is 10.1. The maximum Gasteiger partial charge on any atom is 0.109 e. The van der Waals surface area contributed by atoms with E-state index in [1.165, 1.54) is 5.56 Å². The molecule has 2 saturated heterocycles. The molecule has 1 aromatic heterocycles. The van der Waals surface area contributed by atoms with Crippen molar-refractivity contribution in [3.05, 3.63) is 24.0 Å². The average molecular weight is 337 g/mol. The zero-order valence-corrected chi connectivity index (χ0v) is 14.0. The van der Waals surface area contributed by atoms with E-state index < -0.39 is 24.4 Å². The van der Waals surface area contributed by atoms with Gasteiger partial charge < -0.3 is 25.3 Å². The van der Waals surface area contributed by atoms with Crippen molar-refractivity contribution in [2.75, 3.05) is 37.7 Å². The summed E-state index contributed by atoms with van der Waals surface area (Å²) in [4.78, 5) is 8.43. The Labute approximate surface area is 142 Å². The number of aryl methyl sites for hydroxylation is 1. The van der Waals surface area contributed by atoms with E-state index in [1.807, 2.05) is 17.2 Å². The number of rotatable bonds is 4. The number of aromatic nitrogens is 1. The summed E-state index contributed by atoms with van der Waals surface area (Å²) < 4.78 is 0. The van der Waals surface area contributed by atoms with Crippen molar-refractivity contribution >= 4 is 5.69 Å². The lowest BCUT2D eigenvalue weighted by Gasteiger charge is -2.44. The Bertz CT molecular complexity index is 558. The summed E-state index contributed by atoms with van der Waals surface area (Å²) in [7, 11) is 0. The molecule has 0 unspecified atom stereocenters. The van der Waals surface area contributed by atoms with Gasteiger partial charge in [0.05, 0.1) is 30.6 Å². The summed E-state index contributed by atoms with van der Waals surface area (Å²) in [6, 6.07) is 1.47. The van der Waals surface area contributed by atoms with Crippen LogP contribution in [0.2, 0.25) is 0 Å². The molecular weight excluding hydrogens is 310 g/mol. The fourth-order valence-electron chi connectivity index (χ4n) is 3.91. The Morgan fingerprint density at radius 1 is 1.21 bits per heavy atom. The zero-order valence-electron chi connectivity index (χ0n) is 14.0. The van der Waals surface area contributed by atoms with Gasteiger partial charge in [0.25, 0.3) is 0 Å². The van der Waals surface area contributed by atoms with Crippen LogP contribution in [0.1, 0.15) is 12.0 Å². The topological polar surface area (TPSA) is 100 Å². The molecule has 1 aromatic rings. The number of nitrogens with zero attached hydrogens (tertiary/aromatic N) is 3. The Kier molecular flexibility index (Phi) is 5.36. The van der Waals surface area contributed by atoms with Gasteiger partial charge in [0.15, 0.2) is 0 Å². The molecule has 4 N–H and O–H groups in total. The van der Waals surface area contributed by atoms with Gasteiger partial charge in [0, 0.05) is 32.4 Å². The highest BCUT2D eigenvalue weighted by Crippen LogP contribution is 2.28. The van der Waals surface area contributed by atoms with Crippen LogP contribution < -0.4 is 4.90 Å². The van der Waals surface area contributed by atoms with E-state index in [2.05, 4.69) is 16.8 Å². The number of piperidine rings is 1. The molecule has 0 radical (unpaired) electrons. The summed E-state index contributed by atoms with van der Waals surface area (Å²) in [5.74, 6) is 0.383. The monoisotopic (exact) mass is 337 g/mol. The van der Waals surface area contributed by atoms with Crippen molar-refractivity contribution in [2.24, 2.45) is 5.92 Å². The number of β-amino-alcohol motifs (C(OH)–C–C–N with tert-alkyl or cyclic N) is 1. The molecule has 134 valence electrons. The Morgan fingerprint density at radius 3 is 2.71 bits per heavy atom. The molecule has 3 heterocycles. The van der Waals surface area contributed by atoms with Crippen molar-refractivity contribution in [1.82, 2.24) is 9.88 Å². The van der Waals surface area contributed by atoms with Crippen LogP contribution in [0.5, 0.6) is 0 Å². The van der Waals surface area contributed by atoms with E-state index in [-0.39, 0.29) is 13.2 Å². The summed E-state index contributed by atoms with van der Waals surface area (Å²) in [6.45, 7) is 4.63. The van der Waals surface area contributed by atoms with Crippen LogP contribution >= 0.6 is 0 Å². The van der Waals surface area contributed by atoms with Gasteiger partial charge in [-0.3, -0.25) is 9.88 Å². The van der Waals surface area contributed by atoms with Crippen LogP contribution in [0.15, 0.2) is 18.5 Å². The molecule has 0 saturated carbocycles. The number of pyridine rings is 1. The van der Waals surface area contributed by atoms with Crippen molar-refractivity contribution in [3.8, 4) is 0 Å². The van der Waals surface area contributed by atoms with Gasteiger partial charge in [0.1, 0.15) is 12.2 Å². The first-order chi connectivity index (χ1) is 11.5. The lowest BCUT2D eigenvalue weighted by atomic mass is 9.93. The van der Waals surface area contributed by atoms with Crippen molar-refractivity contribution in [1.29, 1.82) is 0 Å². The Morgan fingerprint density at radius 2 is 2.00 bits per heavy atom. The van der Waals surface area contributed by atoms with Crippen molar-refractivity contribution in [2.45, 2.75) is 37.7 Å². The summed E-state index contributed by atoms with van der Waals surface area (Å²) in [5.41, 5.74) is 2.35. The molecule has 0 aliphatic carbocycles. The second-order valence-corrected chi connectivity index (χ2v) is 7.02. The van der Waals surface area contributed by atoms with E-state index in [0.29, 0.717) is 12.5 Å². The summed E-state index contributed by atoms with van der Waals surface area (Å²) in [6.07, 6.45) is 1.38. The third-order valence-corrected chi connectivity index (χ3v) is 5.35. The Hall–Kier alpha value is -1.25. The lowest BCUT2D eigenvalue weighted by molar-refractivity contribution is -0.146. The highest BCUT2D eigenvalue weighted by atomic mass is 16.4. The van der Waals surface area contributed by atoms with E-state index in [9.17, 15) is 20.4 Å². The number of hydrogen-bond acceptors (Lipinski definition) is 7. The van der Waals surface area contributed by atoms with Crippen LogP contribution in [0, 0.1) is 12.8 Å². The predicted octanol–water partition coefficient (Wildman–Crippen LogP) is -1.02. The molecule has 7 nitrogen and oxygen atoms in total. The summed E-state index contributed by atoms with van der Waals surface area (Å²) in [5, 5.41) is 39.4. The third kappa shape index (κ3) is 3.41. The van der Waals surface area contributed by atoms with Crippen LogP contribution in [-0.4, -0.2) is 87.4 Å². The maximum absolute atomic E-state index is 10.1. The SMILES string of the molecule is Cc1ccncc1N1CC[C@H](CN2C[C@H](O)[C@@H](O)[C@H](O)[C@@H]2CO)C1. The van der Waals surface area contributed by atoms with Gasteiger partial charge in [-0.05, 0) is 30.9 Å². The quantitative estimate of drug-likeness (QED) is 0.558. The molecule has 2 aliphatic heterocycles. The van der Waals surface area contributed by atoms with Gasteiger partial charge in [-0.15, -0.1) is 0 Å². The third-order valence-electron chi connectivity index (χ3n) is 5.35. The average Bonchev–Trinajstić information content (AvgIpc) is 3.02. The highest BCUT2D eigenvalue weighted by Gasteiger charge is 2.42. The molecule has 0 bridgehead atoms. The minimum Gasteiger partial charge on any atom is -0.395 e. The van der Waals surface area contributed by atoms with Gasteiger partial charge in [-0.2, -0.15) is 0 Å². The van der Waals surface area contributed by atoms with Crippen LogP contribution in [-0.2, 0) is 0 Å². The van der Waals surface area contributed by atoms with E-state index in [1.54, 1.807) is 6.20 Å². The lowest BCUT2D eigenvalue weighted by Crippen LogP contribution is -2.63. The van der Waals surface area contributed by atoms with Gasteiger partial charge >= 0.3 is 0 Å². The molecular formula is C17H27N3O4. The van der Waals surface area contributed by atoms with Crippen LogP contribution in [0.4, 0.5) is 5.69 Å². The molecule has 0 amide bonds. The number of hydrogen-bond donors (Lipinski definition) is 4. The largest absolute Gasteiger partial charge is 0.395 e. The highest BCUT2D eigenvalue weighted by molar-refractivity contribution is 5.51. The minimum atomic E-state index is -1.20. The molecule has 2 aliphatic rings. The molecule has 7 heteroatoms. The second-order valence-electron chi connectivity index (χ2n) is 7.02. The molecule has 5 atom stereocenters. The van der Waals surface area contributed by atoms with Crippen molar-refractivity contribution < 1.29 is 20.4 Å². The van der Waals surface area contributed by atoms with Gasteiger partial charge in [0.2, 0.25) is 0 Å². The number of anilines is 1. The first-order valence-corrected chi connectivity index (χ1v) is 8.56. The molecule has 24 heavy (non-hydrogen) atoms. The predicted molar refractivity (Wildman–Crippen MR) is 89.8 cm³/mol.